The lowest BCUT2D eigenvalue weighted by atomic mass is 9.91. The van der Waals surface area contributed by atoms with Crippen LogP contribution in [-0.2, 0) is 9.59 Å². The van der Waals surface area contributed by atoms with Crippen LogP contribution in [0, 0.1) is 12.3 Å². The smallest absolute Gasteiger partial charge is 0.237 e. The molecule has 5 heteroatoms. The monoisotopic (exact) mass is 333 g/mol. The summed E-state index contributed by atoms with van der Waals surface area (Å²) in [6.45, 7) is 8.49. The summed E-state index contributed by atoms with van der Waals surface area (Å²) in [6, 6.07) is 7.80. The highest BCUT2D eigenvalue weighted by molar-refractivity contribution is 8.04. The number of amides is 1. The van der Waals surface area contributed by atoms with E-state index >= 15 is 0 Å². The van der Waals surface area contributed by atoms with Gasteiger partial charge in [0.25, 0.3) is 0 Å². The van der Waals surface area contributed by atoms with E-state index in [0.717, 1.165) is 10.8 Å². The lowest BCUT2D eigenvalue weighted by Gasteiger charge is -2.19. The zero-order chi connectivity index (χ0) is 17.0. The number of allylic oxidation sites excluding steroid dienone is 1. The van der Waals surface area contributed by atoms with Gasteiger partial charge in [-0.25, -0.2) is 0 Å². The van der Waals surface area contributed by atoms with E-state index in [4.69, 9.17) is 4.74 Å². The van der Waals surface area contributed by atoms with Crippen LogP contribution in [0.3, 0.4) is 0 Å². The SMILES string of the molecule is Cc1ccc(OCCN2C(=O)CS/C2=C/C(=O)C(C)(C)C)cc1. The van der Waals surface area contributed by atoms with Crippen molar-refractivity contribution in [3.05, 3.63) is 40.9 Å². The number of hydrogen-bond donors (Lipinski definition) is 0. The molecule has 1 aliphatic heterocycles. The Morgan fingerprint density at radius 1 is 1.30 bits per heavy atom. The summed E-state index contributed by atoms with van der Waals surface area (Å²) in [5.74, 6) is 1.22. The van der Waals surface area contributed by atoms with Crippen LogP contribution in [-0.4, -0.2) is 35.5 Å². The molecule has 1 aromatic rings. The summed E-state index contributed by atoms with van der Waals surface area (Å²) in [5.41, 5.74) is 0.734. The van der Waals surface area contributed by atoms with Crippen molar-refractivity contribution in [1.29, 1.82) is 0 Å². The van der Waals surface area contributed by atoms with Crippen LogP contribution in [0.5, 0.6) is 5.75 Å². The van der Waals surface area contributed by atoms with E-state index in [2.05, 4.69) is 0 Å². The topological polar surface area (TPSA) is 46.6 Å². The molecule has 1 heterocycles. The molecule has 0 spiro atoms. The molecule has 1 amide bonds. The summed E-state index contributed by atoms with van der Waals surface area (Å²) < 4.78 is 5.68. The molecule has 0 aromatic heterocycles. The number of ether oxygens (including phenoxy) is 1. The first-order chi connectivity index (χ1) is 10.8. The Kier molecular flexibility index (Phi) is 5.52. The highest BCUT2D eigenvalue weighted by atomic mass is 32.2. The summed E-state index contributed by atoms with van der Waals surface area (Å²) in [7, 11) is 0. The molecule has 1 aliphatic rings. The molecular formula is C18H23NO3S. The van der Waals surface area contributed by atoms with E-state index < -0.39 is 5.41 Å². The van der Waals surface area contributed by atoms with Crippen molar-refractivity contribution >= 4 is 23.5 Å². The van der Waals surface area contributed by atoms with E-state index in [1.54, 1.807) is 11.0 Å². The Morgan fingerprint density at radius 3 is 2.57 bits per heavy atom. The van der Waals surface area contributed by atoms with E-state index in [0.29, 0.717) is 18.9 Å². The minimum Gasteiger partial charge on any atom is -0.492 e. The molecule has 1 fully saturated rings. The zero-order valence-electron chi connectivity index (χ0n) is 14.1. The van der Waals surface area contributed by atoms with Crippen molar-refractivity contribution in [3.8, 4) is 5.75 Å². The second-order valence-corrected chi connectivity index (χ2v) is 7.59. The third kappa shape index (κ3) is 4.86. The van der Waals surface area contributed by atoms with Gasteiger partial charge in [-0.15, -0.1) is 0 Å². The number of carbonyl (C=O) groups excluding carboxylic acids is 2. The average Bonchev–Trinajstić information content (AvgIpc) is 2.81. The van der Waals surface area contributed by atoms with Crippen molar-refractivity contribution in [2.45, 2.75) is 27.7 Å². The van der Waals surface area contributed by atoms with Gasteiger partial charge in [0.2, 0.25) is 5.91 Å². The van der Waals surface area contributed by atoms with Crippen molar-refractivity contribution in [1.82, 2.24) is 4.90 Å². The Labute approximate surface area is 141 Å². The number of hydrogen-bond acceptors (Lipinski definition) is 4. The average molecular weight is 333 g/mol. The quantitative estimate of drug-likeness (QED) is 0.775. The lowest BCUT2D eigenvalue weighted by molar-refractivity contribution is -0.125. The Hall–Kier alpha value is -1.75. The van der Waals surface area contributed by atoms with E-state index in [9.17, 15) is 9.59 Å². The number of nitrogens with zero attached hydrogens (tertiary/aromatic N) is 1. The fraction of sp³-hybridized carbons (Fsp3) is 0.444. The number of ketones is 1. The van der Waals surface area contributed by atoms with Gasteiger partial charge in [0.15, 0.2) is 5.78 Å². The van der Waals surface area contributed by atoms with Crippen molar-refractivity contribution in [2.24, 2.45) is 5.41 Å². The molecule has 2 rings (SSSR count). The van der Waals surface area contributed by atoms with Gasteiger partial charge in [-0.2, -0.15) is 0 Å². The number of thioether (sulfide) groups is 1. The first kappa shape index (κ1) is 17.6. The van der Waals surface area contributed by atoms with Gasteiger partial charge in [0.1, 0.15) is 12.4 Å². The molecule has 0 N–H and O–H groups in total. The van der Waals surface area contributed by atoms with Gasteiger partial charge < -0.3 is 9.64 Å². The van der Waals surface area contributed by atoms with Crippen LogP contribution < -0.4 is 4.74 Å². The van der Waals surface area contributed by atoms with Crippen LogP contribution >= 0.6 is 11.8 Å². The van der Waals surface area contributed by atoms with Crippen LogP contribution in [0.25, 0.3) is 0 Å². The Balaban J connectivity index is 1.96. The van der Waals surface area contributed by atoms with Crippen molar-refractivity contribution in [2.75, 3.05) is 18.9 Å². The summed E-state index contributed by atoms with van der Waals surface area (Å²) >= 11 is 1.41. The minimum atomic E-state index is -0.441. The molecular weight excluding hydrogens is 310 g/mol. The fourth-order valence-electron chi connectivity index (χ4n) is 1.99. The Bertz CT molecular complexity index is 614. The maximum Gasteiger partial charge on any atom is 0.237 e. The van der Waals surface area contributed by atoms with Crippen LogP contribution in [0.4, 0.5) is 0 Å². The highest BCUT2D eigenvalue weighted by Crippen LogP contribution is 2.30. The summed E-state index contributed by atoms with van der Waals surface area (Å²) in [6.07, 6.45) is 1.58. The predicted molar refractivity (Wildman–Crippen MR) is 93.4 cm³/mol. The third-order valence-electron chi connectivity index (χ3n) is 3.51. The molecule has 0 unspecified atom stereocenters. The molecule has 1 aromatic carbocycles. The van der Waals surface area contributed by atoms with Gasteiger partial charge >= 0.3 is 0 Å². The highest BCUT2D eigenvalue weighted by Gasteiger charge is 2.29. The van der Waals surface area contributed by atoms with E-state index in [1.807, 2.05) is 52.0 Å². The van der Waals surface area contributed by atoms with Crippen molar-refractivity contribution < 1.29 is 14.3 Å². The molecule has 4 nitrogen and oxygen atoms in total. The molecule has 124 valence electrons. The van der Waals surface area contributed by atoms with Gasteiger partial charge in [-0.1, -0.05) is 50.2 Å². The third-order valence-corrected chi connectivity index (χ3v) is 4.53. The molecule has 0 atom stereocenters. The maximum absolute atomic E-state index is 12.1. The maximum atomic E-state index is 12.1. The second kappa shape index (κ2) is 7.21. The number of carbonyl (C=O) groups is 2. The predicted octanol–water partition coefficient (Wildman–Crippen LogP) is 3.41. The molecule has 0 saturated carbocycles. The normalized spacial score (nSPS) is 17.0. The number of rotatable bonds is 5. The summed E-state index contributed by atoms with van der Waals surface area (Å²) in [4.78, 5) is 25.8. The molecule has 1 saturated heterocycles. The van der Waals surface area contributed by atoms with Gasteiger partial charge in [0, 0.05) is 11.5 Å². The van der Waals surface area contributed by atoms with Crippen LogP contribution in [0.1, 0.15) is 26.3 Å². The van der Waals surface area contributed by atoms with Gasteiger partial charge in [-0.3, -0.25) is 9.59 Å². The number of aryl methyl sites for hydroxylation is 1. The van der Waals surface area contributed by atoms with E-state index in [-0.39, 0.29) is 11.7 Å². The standard InChI is InChI=1S/C18H23NO3S/c1-13-5-7-14(8-6-13)22-10-9-19-16(21)12-23-17(19)11-15(20)18(2,3)4/h5-8,11H,9-10,12H2,1-4H3/b17-11+. The first-order valence-corrected chi connectivity index (χ1v) is 8.65. The second-order valence-electron chi connectivity index (χ2n) is 6.59. The van der Waals surface area contributed by atoms with Crippen LogP contribution in [0.2, 0.25) is 0 Å². The summed E-state index contributed by atoms with van der Waals surface area (Å²) in [5, 5.41) is 0.724. The molecule has 0 radical (unpaired) electrons. The number of benzene rings is 1. The zero-order valence-corrected chi connectivity index (χ0v) is 14.9. The van der Waals surface area contributed by atoms with Crippen LogP contribution in [0.15, 0.2) is 35.4 Å². The van der Waals surface area contributed by atoms with Gasteiger partial charge in [-0.05, 0) is 19.1 Å². The molecule has 0 bridgehead atoms. The largest absolute Gasteiger partial charge is 0.492 e. The minimum absolute atomic E-state index is 0.0236. The van der Waals surface area contributed by atoms with E-state index in [1.165, 1.54) is 17.3 Å². The van der Waals surface area contributed by atoms with Crippen molar-refractivity contribution in [3.63, 3.8) is 0 Å². The fourth-order valence-corrected chi connectivity index (χ4v) is 2.95. The lowest BCUT2D eigenvalue weighted by Crippen LogP contribution is -2.30. The van der Waals surface area contributed by atoms with Gasteiger partial charge in [0.05, 0.1) is 17.3 Å². The first-order valence-electron chi connectivity index (χ1n) is 7.66. The molecule has 0 aliphatic carbocycles. The Morgan fingerprint density at radius 2 is 1.96 bits per heavy atom. The molecule has 23 heavy (non-hydrogen) atoms.